The van der Waals surface area contributed by atoms with Gasteiger partial charge in [-0.05, 0) is 44.9 Å². The third-order valence-corrected chi connectivity index (χ3v) is 20.9. The van der Waals surface area contributed by atoms with E-state index in [4.69, 9.17) is 18.5 Å². The number of nitrogens with zero attached hydrogens (tertiary/aromatic N) is 1. The zero-order valence-electron chi connectivity index (χ0n) is 65.4. The molecule has 0 aromatic rings. The summed E-state index contributed by atoms with van der Waals surface area (Å²) in [7, 11) is 1.20. The van der Waals surface area contributed by atoms with Crippen LogP contribution >= 0.6 is 7.82 Å². The number of esters is 2. The molecule has 0 saturated heterocycles. The van der Waals surface area contributed by atoms with Gasteiger partial charge in [-0.3, -0.25) is 14.2 Å². The molecule has 0 N–H and O–H groups in total. The van der Waals surface area contributed by atoms with Crippen molar-refractivity contribution in [1.29, 1.82) is 0 Å². The van der Waals surface area contributed by atoms with Crippen molar-refractivity contribution in [3.05, 3.63) is 24.3 Å². The molecule has 2 atom stereocenters. The summed E-state index contributed by atoms with van der Waals surface area (Å²) in [5.41, 5.74) is 0. The highest BCUT2D eigenvalue weighted by Gasteiger charge is 2.22. The Hall–Kier alpha value is -1.51. The molecule has 0 aliphatic heterocycles. The summed E-state index contributed by atoms with van der Waals surface area (Å²) in [6, 6.07) is 0. The summed E-state index contributed by atoms with van der Waals surface area (Å²) in [5, 5.41) is 0. The Kier molecular flexibility index (Phi) is 76.4. The number of quaternary nitrogens is 1. The highest BCUT2D eigenvalue weighted by molar-refractivity contribution is 7.45. The number of phosphoric acid groups is 1. The lowest BCUT2D eigenvalue weighted by molar-refractivity contribution is -0.870. The summed E-state index contributed by atoms with van der Waals surface area (Å²) < 4.78 is 34.5. The van der Waals surface area contributed by atoms with Gasteiger partial charge in [0.25, 0.3) is 7.82 Å². The van der Waals surface area contributed by atoms with E-state index in [2.05, 4.69) is 38.2 Å². The zero-order chi connectivity index (χ0) is 69.7. The standard InChI is InChI=1S/C86H168NO8P/c1-6-8-10-12-14-16-18-20-22-24-26-28-30-32-34-36-38-40-42-43-45-46-48-50-52-54-56-58-60-62-64-66-68-70-72-74-76-78-85(88)92-82-84(83-94-96(90,91)93-81-80-87(3,4)5)95-86(89)79-77-75-73-71-69-67-65-63-61-59-57-55-53-51-49-47-44-41-39-37-35-33-31-29-27-25-23-21-19-17-15-13-11-9-7-2/h19,21,25,27,84H,6-18,20,22-24,26,28-83H2,1-5H3/b21-19-,27-25-. The molecule has 9 nitrogen and oxygen atoms in total. The van der Waals surface area contributed by atoms with Crippen LogP contribution in [0.4, 0.5) is 0 Å². The zero-order valence-corrected chi connectivity index (χ0v) is 66.3. The Balaban J connectivity index is 3.85. The third kappa shape index (κ3) is 81.5. The van der Waals surface area contributed by atoms with E-state index in [-0.39, 0.29) is 32.0 Å². The molecule has 0 aliphatic carbocycles. The summed E-state index contributed by atoms with van der Waals surface area (Å²) in [6.45, 7) is 4.33. The average Bonchev–Trinajstić information content (AvgIpc) is 2.74. The second-order valence-corrected chi connectivity index (χ2v) is 32.3. The smallest absolute Gasteiger partial charge is 0.306 e. The number of phosphoric ester groups is 1. The van der Waals surface area contributed by atoms with Crippen LogP contribution < -0.4 is 4.89 Å². The highest BCUT2D eigenvalue weighted by atomic mass is 31.2. The minimum Gasteiger partial charge on any atom is -0.756 e. The molecule has 0 heterocycles. The highest BCUT2D eigenvalue weighted by Crippen LogP contribution is 2.38. The maximum absolute atomic E-state index is 12.9. The van der Waals surface area contributed by atoms with Crippen LogP contribution in [0.2, 0.25) is 0 Å². The molecule has 0 aliphatic rings. The van der Waals surface area contributed by atoms with Gasteiger partial charge < -0.3 is 27.9 Å². The Bertz CT molecular complexity index is 1660. The lowest BCUT2D eigenvalue weighted by Gasteiger charge is -2.28. The number of carbonyl (C=O) groups excluding carboxylic acids is 2. The van der Waals surface area contributed by atoms with E-state index in [1.165, 1.54) is 392 Å². The first-order chi connectivity index (χ1) is 47.0. The SMILES string of the molecule is CCCCCCC/C=C\C/C=C\CCCCCCCCCCCCCCCCCCCCCCCCCC(=O)OC(COC(=O)CCCCCCCCCCCCCCCCCCCCCCCCCCCCCCCCCCCCCCC)COP(=O)([O-])OCC[N+](C)(C)C. The monoisotopic (exact) mass is 1370 g/mol. The fraction of sp³-hybridized carbons (Fsp3) is 0.930. The van der Waals surface area contributed by atoms with Crippen molar-refractivity contribution in [3.8, 4) is 0 Å². The fourth-order valence-electron chi connectivity index (χ4n) is 13.4. The molecular formula is C86H168NO8P. The maximum atomic E-state index is 12.9. The van der Waals surface area contributed by atoms with Gasteiger partial charge in [0.15, 0.2) is 6.10 Å². The Morgan fingerprint density at radius 2 is 0.562 bits per heavy atom. The Morgan fingerprint density at radius 3 is 0.823 bits per heavy atom. The largest absolute Gasteiger partial charge is 0.756 e. The molecule has 0 amide bonds. The van der Waals surface area contributed by atoms with Crippen molar-refractivity contribution in [2.75, 3.05) is 47.5 Å². The number of likely N-dealkylation sites (N-methyl/N-ethyl adjacent to an activating group) is 1. The molecule has 0 fully saturated rings. The third-order valence-electron chi connectivity index (χ3n) is 20.0. The summed E-state index contributed by atoms with van der Waals surface area (Å²) in [5.74, 6) is -0.803. The molecule has 96 heavy (non-hydrogen) atoms. The van der Waals surface area contributed by atoms with Gasteiger partial charge >= 0.3 is 11.9 Å². The van der Waals surface area contributed by atoms with Gasteiger partial charge in [0.1, 0.15) is 19.8 Å². The maximum Gasteiger partial charge on any atom is 0.306 e. The van der Waals surface area contributed by atoms with E-state index in [9.17, 15) is 19.0 Å². The van der Waals surface area contributed by atoms with E-state index in [1.54, 1.807) is 0 Å². The first kappa shape index (κ1) is 94.5. The predicted molar refractivity (Wildman–Crippen MR) is 416 cm³/mol. The van der Waals surface area contributed by atoms with Gasteiger partial charge in [0.05, 0.1) is 27.7 Å². The van der Waals surface area contributed by atoms with Crippen LogP contribution in [0, 0.1) is 0 Å². The lowest BCUT2D eigenvalue weighted by Crippen LogP contribution is -2.37. The molecule has 0 bridgehead atoms. The number of rotatable bonds is 82. The topological polar surface area (TPSA) is 111 Å². The van der Waals surface area contributed by atoms with E-state index < -0.39 is 26.5 Å². The number of unbranched alkanes of at least 4 members (excludes halogenated alkanes) is 64. The van der Waals surface area contributed by atoms with Gasteiger partial charge in [0, 0.05) is 12.8 Å². The molecule has 0 rings (SSSR count). The van der Waals surface area contributed by atoms with Crippen molar-refractivity contribution in [2.45, 2.75) is 469 Å². The van der Waals surface area contributed by atoms with Crippen LogP contribution in [-0.2, 0) is 32.7 Å². The van der Waals surface area contributed by atoms with E-state index >= 15 is 0 Å². The number of carbonyl (C=O) groups is 2. The number of allylic oxidation sites excluding steroid dienone is 4. The normalized spacial score (nSPS) is 13.0. The fourth-order valence-corrected chi connectivity index (χ4v) is 14.1. The van der Waals surface area contributed by atoms with Crippen molar-refractivity contribution in [3.63, 3.8) is 0 Å². The van der Waals surface area contributed by atoms with Crippen molar-refractivity contribution in [1.82, 2.24) is 0 Å². The summed E-state index contributed by atoms with van der Waals surface area (Å²) >= 11 is 0. The van der Waals surface area contributed by atoms with Crippen LogP contribution in [-0.4, -0.2) is 70.0 Å². The van der Waals surface area contributed by atoms with Gasteiger partial charge in [-0.15, -0.1) is 0 Å². The lowest BCUT2D eigenvalue weighted by atomic mass is 10.0. The van der Waals surface area contributed by atoms with Crippen molar-refractivity contribution in [2.24, 2.45) is 0 Å². The van der Waals surface area contributed by atoms with Crippen LogP contribution in [0.15, 0.2) is 24.3 Å². The molecule has 0 aromatic carbocycles. The summed E-state index contributed by atoms with van der Waals surface area (Å²) in [6.07, 6.45) is 101. The molecule has 570 valence electrons. The number of hydrogen-bond acceptors (Lipinski definition) is 8. The second kappa shape index (κ2) is 77.6. The summed E-state index contributed by atoms with van der Waals surface area (Å²) in [4.78, 5) is 38.2. The minimum atomic E-state index is -4.64. The van der Waals surface area contributed by atoms with Crippen molar-refractivity contribution >= 4 is 19.8 Å². The van der Waals surface area contributed by atoms with Crippen LogP contribution in [0.25, 0.3) is 0 Å². The van der Waals surface area contributed by atoms with Gasteiger partial charge in [-0.2, -0.15) is 0 Å². The first-order valence-corrected chi connectivity index (χ1v) is 44.5. The Morgan fingerprint density at radius 1 is 0.323 bits per heavy atom. The average molecular weight is 1380 g/mol. The van der Waals surface area contributed by atoms with Crippen LogP contribution in [0.5, 0.6) is 0 Å². The van der Waals surface area contributed by atoms with Gasteiger partial charge in [0.2, 0.25) is 0 Å². The van der Waals surface area contributed by atoms with E-state index in [0.717, 1.165) is 38.5 Å². The molecule has 0 aromatic heterocycles. The van der Waals surface area contributed by atoms with E-state index in [0.29, 0.717) is 17.4 Å². The molecule has 2 unspecified atom stereocenters. The molecule has 0 saturated carbocycles. The quantitative estimate of drug-likeness (QED) is 0.0195. The first-order valence-electron chi connectivity index (χ1n) is 43.0. The molecule has 0 radical (unpaired) electrons. The van der Waals surface area contributed by atoms with Crippen molar-refractivity contribution < 1.29 is 42.1 Å². The van der Waals surface area contributed by atoms with Crippen LogP contribution in [0.3, 0.4) is 0 Å². The Labute approximate surface area is 599 Å². The number of hydrogen-bond donors (Lipinski definition) is 0. The second-order valence-electron chi connectivity index (χ2n) is 30.9. The minimum absolute atomic E-state index is 0.0261. The van der Waals surface area contributed by atoms with E-state index in [1.807, 2.05) is 21.1 Å². The predicted octanol–water partition coefficient (Wildman–Crippen LogP) is 28.1. The molecular weight excluding hydrogens is 1210 g/mol. The van der Waals surface area contributed by atoms with Gasteiger partial charge in [-0.25, -0.2) is 0 Å². The van der Waals surface area contributed by atoms with Crippen LogP contribution in [0.1, 0.15) is 463 Å². The molecule has 0 spiro atoms. The van der Waals surface area contributed by atoms with Gasteiger partial charge in [-0.1, -0.05) is 430 Å². The number of ether oxygens (including phenoxy) is 2. The molecule has 10 heteroatoms.